The zero-order chi connectivity index (χ0) is 20.5. The van der Waals surface area contributed by atoms with Gasteiger partial charge >= 0.3 is 6.03 Å². The number of rotatable bonds is 3. The third-order valence-corrected chi connectivity index (χ3v) is 4.91. The first-order chi connectivity index (χ1) is 13.9. The van der Waals surface area contributed by atoms with E-state index in [0.717, 1.165) is 5.39 Å². The number of pyridine rings is 1. The first kappa shape index (κ1) is 19.1. The highest BCUT2D eigenvalue weighted by Gasteiger charge is 2.29. The van der Waals surface area contributed by atoms with Gasteiger partial charge in [0.15, 0.2) is 6.10 Å². The van der Waals surface area contributed by atoms with Crippen molar-refractivity contribution in [2.24, 2.45) is 7.05 Å². The van der Waals surface area contributed by atoms with Crippen molar-refractivity contribution in [3.8, 4) is 0 Å². The van der Waals surface area contributed by atoms with Gasteiger partial charge in [0.05, 0.1) is 13.2 Å². The fourth-order valence-corrected chi connectivity index (χ4v) is 3.21. The van der Waals surface area contributed by atoms with Gasteiger partial charge in [-0.2, -0.15) is 0 Å². The van der Waals surface area contributed by atoms with E-state index in [4.69, 9.17) is 9.15 Å². The Morgan fingerprint density at radius 1 is 1.28 bits per heavy atom. The number of morpholine rings is 1. The number of hydrogen-bond acceptors (Lipinski definition) is 6. The second kappa shape index (κ2) is 7.67. The molecule has 1 aromatic carbocycles. The van der Waals surface area contributed by atoms with Crippen LogP contribution in [0.5, 0.6) is 0 Å². The molecule has 1 aliphatic rings. The van der Waals surface area contributed by atoms with Gasteiger partial charge in [0.1, 0.15) is 0 Å². The molecule has 1 fully saturated rings. The third kappa shape index (κ3) is 3.86. The van der Waals surface area contributed by atoms with Crippen LogP contribution >= 0.6 is 0 Å². The van der Waals surface area contributed by atoms with Crippen LogP contribution in [0.4, 0.5) is 10.5 Å². The smallest absolute Gasteiger partial charge is 0.322 e. The van der Waals surface area contributed by atoms with Gasteiger partial charge in [0.25, 0.3) is 5.56 Å². The lowest BCUT2D eigenvalue weighted by Gasteiger charge is -2.31. The van der Waals surface area contributed by atoms with Gasteiger partial charge < -0.3 is 23.9 Å². The number of fused-ring (bicyclic) bond motifs is 1. The number of ether oxygens (including phenoxy) is 1. The molecule has 0 aliphatic carbocycles. The van der Waals surface area contributed by atoms with E-state index in [9.17, 15) is 9.59 Å². The molecule has 9 nitrogen and oxygen atoms in total. The minimum absolute atomic E-state index is 0.109. The van der Waals surface area contributed by atoms with E-state index in [-0.39, 0.29) is 17.5 Å². The van der Waals surface area contributed by atoms with E-state index in [0.29, 0.717) is 42.6 Å². The summed E-state index contributed by atoms with van der Waals surface area (Å²) in [5.41, 5.74) is 0.455. The summed E-state index contributed by atoms with van der Waals surface area (Å²) >= 11 is 0. The first-order valence-corrected chi connectivity index (χ1v) is 9.52. The Hall–Kier alpha value is -3.20. The topological polar surface area (TPSA) is 102 Å². The summed E-state index contributed by atoms with van der Waals surface area (Å²) in [4.78, 5) is 26.7. The third-order valence-electron chi connectivity index (χ3n) is 4.91. The van der Waals surface area contributed by atoms with E-state index in [1.165, 1.54) is 4.57 Å². The fourth-order valence-electron chi connectivity index (χ4n) is 3.21. The second-order valence-electron chi connectivity index (χ2n) is 7.40. The number of carbonyl (C=O) groups excluding carboxylic acids is 1. The molecular weight excluding hydrogens is 374 g/mol. The minimum atomic E-state index is -0.460. The van der Waals surface area contributed by atoms with Crippen LogP contribution in [0.2, 0.25) is 0 Å². The highest BCUT2D eigenvalue weighted by atomic mass is 16.5. The molecule has 29 heavy (non-hydrogen) atoms. The van der Waals surface area contributed by atoms with Gasteiger partial charge in [0, 0.05) is 36.8 Å². The standard InChI is InChI=1S/C20H23N5O4/c1-12(2)17-22-23-18(29-17)16-11-25(8-9-28-16)20(27)21-14-5-4-13-6-7-24(3)19(26)15(13)10-14/h4-7,10,12,16H,8-9,11H2,1-3H3,(H,21,27). The molecule has 1 unspecified atom stereocenters. The lowest BCUT2D eigenvalue weighted by molar-refractivity contribution is -0.0276. The van der Waals surface area contributed by atoms with E-state index < -0.39 is 6.10 Å². The van der Waals surface area contributed by atoms with Crippen LogP contribution in [-0.2, 0) is 11.8 Å². The maximum absolute atomic E-state index is 12.8. The molecule has 3 heterocycles. The highest BCUT2D eigenvalue weighted by Crippen LogP contribution is 2.24. The number of amides is 2. The molecule has 3 aromatic rings. The summed E-state index contributed by atoms with van der Waals surface area (Å²) in [5, 5.41) is 12.3. The molecule has 1 atom stereocenters. The van der Waals surface area contributed by atoms with Crippen molar-refractivity contribution in [2.75, 3.05) is 25.0 Å². The molecule has 1 N–H and O–H groups in total. The van der Waals surface area contributed by atoms with Gasteiger partial charge in [0.2, 0.25) is 11.8 Å². The number of aromatic nitrogens is 3. The van der Waals surface area contributed by atoms with Crippen LogP contribution in [0.3, 0.4) is 0 Å². The summed E-state index contributed by atoms with van der Waals surface area (Å²) in [6.45, 7) is 5.06. The maximum Gasteiger partial charge on any atom is 0.322 e. The van der Waals surface area contributed by atoms with E-state index >= 15 is 0 Å². The molecule has 0 bridgehead atoms. The average molecular weight is 397 g/mol. The van der Waals surface area contributed by atoms with Crippen molar-refractivity contribution >= 4 is 22.5 Å². The van der Waals surface area contributed by atoms with Crippen LogP contribution in [0.15, 0.2) is 39.7 Å². The van der Waals surface area contributed by atoms with E-state index in [2.05, 4.69) is 15.5 Å². The maximum atomic E-state index is 12.8. The highest BCUT2D eigenvalue weighted by molar-refractivity contribution is 5.93. The monoisotopic (exact) mass is 397 g/mol. The molecule has 0 spiro atoms. The quantitative estimate of drug-likeness (QED) is 0.729. The molecule has 4 rings (SSSR count). The van der Waals surface area contributed by atoms with Crippen molar-refractivity contribution in [1.29, 1.82) is 0 Å². The second-order valence-corrected chi connectivity index (χ2v) is 7.40. The summed E-state index contributed by atoms with van der Waals surface area (Å²) in [7, 11) is 1.70. The number of benzene rings is 1. The summed E-state index contributed by atoms with van der Waals surface area (Å²) in [6.07, 6.45) is 1.26. The first-order valence-electron chi connectivity index (χ1n) is 9.52. The Labute approximate surface area is 167 Å². The Balaban J connectivity index is 1.48. The number of urea groups is 1. The van der Waals surface area contributed by atoms with Crippen molar-refractivity contribution in [2.45, 2.75) is 25.9 Å². The zero-order valence-corrected chi connectivity index (χ0v) is 16.6. The van der Waals surface area contributed by atoms with Crippen LogP contribution in [0.1, 0.15) is 37.7 Å². The molecule has 1 saturated heterocycles. The van der Waals surface area contributed by atoms with Gasteiger partial charge in [-0.05, 0) is 23.6 Å². The molecule has 152 valence electrons. The molecule has 2 aromatic heterocycles. The molecular formula is C20H23N5O4. The minimum Gasteiger partial charge on any atom is -0.422 e. The number of nitrogens with zero attached hydrogens (tertiary/aromatic N) is 4. The molecule has 9 heteroatoms. The lowest BCUT2D eigenvalue weighted by Crippen LogP contribution is -2.44. The van der Waals surface area contributed by atoms with E-state index in [1.807, 2.05) is 26.0 Å². The van der Waals surface area contributed by atoms with Crippen LogP contribution in [-0.4, -0.2) is 45.4 Å². The van der Waals surface area contributed by atoms with Crippen LogP contribution in [0.25, 0.3) is 10.8 Å². The van der Waals surface area contributed by atoms with Gasteiger partial charge in [-0.15, -0.1) is 10.2 Å². The van der Waals surface area contributed by atoms with Gasteiger partial charge in [-0.25, -0.2) is 4.79 Å². The fraction of sp³-hybridized carbons (Fsp3) is 0.400. The molecule has 1 aliphatic heterocycles. The number of aryl methyl sites for hydroxylation is 1. The number of nitrogens with one attached hydrogen (secondary N) is 1. The lowest BCUT2D eigenvalue weighted by atomic mass is 10.1. The Bertz CT molecular complexity index is 1100. The Morgan fingerprint density at radius 3 is 2.86 bits per heavy atom. The van der Waals surface area contributed by atoms with Crippen molar-refractivity contribution in [3.05, 3.63) is 52.6 Å². The average Bonchev–Trinajstić information content (AvgIpc) is 3.22. The number of anilines is 1. The van der Waals surface area contributed by atoms with Crippen molar-refractivity contribution in [3.63, 3.8) is 0 Å². The number of carbonyl (C=O) groups is 1. The van der Waals surface area contributed by atoms with Crippen molar-refractivity contribution < 1.29 is 13.9 Å². The van der Waals surface area contributed by atoms with Crippen LogP contribution in [0, 0.1) is 0 Å². The predicted molar refractivity (Wildman–Crippen MR) is 107 cm³/mol. The predicted octanol–water partition coefficient (Wildman–Crippen LogP) is 2.65. The summed E-state index contributed by atoms with van der Waals surface area (Å²) in [5.74, 6) is 1.04. The summed E-state index contributed by atoms with van der Waals surface area (Å²) in [6, 6.07) is 6.89. The molecule has 0 saturated carbocycles. The SMILES string of the molecule is CC(C)c1nnc(C2CN(C(=O)Nc3ccc4ccn(C)c(=O)c4c3)CCO2)o1. The normalized spacial score (nSPS) is 17.1. The summed E-state index contributed by atoms with van der Waals surface area (Å²) < 4.78 is 12.9. The van der Waals surface area contributed by atoms with Gasteiger partial charge in [-0.1, -0.05) is 19.9 Å². The van der Waals surface area contributed by atoms with Crippen molar-refractivity contribution in [1.82, 2.24) is 19.7 Å². The van der Waals surface area contributed by atoms with Gasteiger partial charge in [-0.3, -0.25) is 4.79 Å². The molecule has 0 radical (unpaired) electrons. The number of hydrogen-bond donors (Lipinski definition) is 1. The Kier molecular flexibility index (Phi) is 5.06. The zero-order valence-electron chi connectivity index (χ0n) is 16.6. The van der Waals surface area contributed by atoms with E-state index in [1.54, 1.807) is 30.3 Å². The molecule has 2 amide bonds. The van der Waals surface area contributed by atoms with Crippen LogP contribution < -0.4 is 10.9 Å². The Morgan fingerprint density at radius 2 is 2.10 bits per heavy atom. The largest absolute Gasteiger partial charge is 0.422 e.